The quantitative estimate of drug-likeness (QED) is 0.406. The first-order valence-corrected chi connectivity index (χ1v) is 11.8. The van der Waals surface area contributed by atoms with E-state index in [-0.39, 0.29) is 4.90 Å². The van der Waals surface area contributed by atoms with Crippen molar-refractivity contribution < 1.29 is 13.2 Å². The van der Waals surface area contributed by atoms with Crippen molar-refractivity contribution in [2.45, 2.75) is 25.7 Å². The fraction of sp³-hybridized carbons (Fsp3) is 0.125. The van der Waals surface area contributed by atoms with Gasteiger partial charge in [0, 0.05) is 5.69 Å². The lowest BCUT2D eigenvalue weighted by Crippen LogP contribution is -2.15. The average Bonchev–Trinajstić information content (AvgIpc) is 3.28. The first kappa shape index (κ1) is 20.9. The Morgan fingerprint density at radius 2 is 1.73 bits per heavy atom. The van der Waals surface area contributed by atoms with E-state index in [1.54, 1.807) is 36.7 Å². The Balaban J connectivity index is 1.42. The molecule has 0 aliphatic heterocycles. The molecule has 3 aromatic carbocycles. The van der Waals surface area contributed by atoms with Crippen molar-refractivity contribution in [3.05, 3.63) is 83.7 Å². The van der Waals surface area contributed by atoms with Crippen LogP contribution in [0.25, 0.3) is 16.7 Å². The molecular formula is C24H21N5O3S. The van der Waals surface area contributed by atoms with Crippen LogP contribution in [-0.2, 0) is 10.0 Å². The van der Waals surface area contributed by atoms with Crippen LogP contribution in [0.4, 0.5) is 5.69 Å². The van der Waals surface area contributed by atoms with Crippen LogP contribution in [0, 0.1) is 20.8 Å². The first-order valence-electron chi connectivity index (χ1n) is 10.3. The number of rotatable bonds is 5. The van der Waals surface area contributed by atoms with Gasteiger partial charge in [-0.1, -0.05) is 18.2 Å². The zero-order valence-electron chi connectivity index (χ0n) is 18.3. The van der Waals surface area contributed by atoms with Gasteiger partial charge in [0.2, 0.25) is 5.65 Å². The van der Waals surface area contributed by atoms with E-state index >= 15 is 0 Å². The van der Waals surface area contributed by atoms with Crippen LogP contribution >= 0.6 is 0 Å². The minimum atomic E-state index is -3.73. The van der Waals surface area contributed by atoms with Crippen molar-refractivity contribution in [3.63, 3.8) is 0 Å². The monoisotopic (exact) mass is 459 g/mol. The van der Waals surface area contributed by atoms with Crippen molar-refractivity contribution in [1.29, 1.82) is 0 Å². The van der Waals surface area contributed by atoms with E-state index in [2.05, 4.69) is 19.9 Å². The second-order valence-corrected chi connectivity index (χ2v) is 9.52. The second-order valence-electron chi connectivity index (χ2n) is 7.87. The normalized spacial score (nSPS) is 11.7. The summed E-state index contributed by atoms with van der Waals surface area (Å²) in [5.41, 5.74) is 5.09. The summed E-state index contributed by atoms with van der Waals surface area (Å²) in [5, 5.41) is 8.09. The Kier molecular flexibility index (Phi) is 4.98. The number of fused-ring (bicyclic) bond motifs is 3. The molecule has 1 N–H and O–H groups in total. The van der Waals surface area contributed by atoms with Crippen LogP contribution in [0.2, 0.25) is 0 Å². The van der Waals surface area contributed by atoms with E-state index in [4.69, 9.17) is 4.74 Å². The summed E-state index contributed by atoms with van der Waals surface area (Å²) in [7, 11) is -3.73. The van der Waals surface area contributed by atoms with Crippen LogP contribution in [0.3, 0.4) is 0 Å². The van der Waals surface area contributed by atoms with E-state index in [9.17, 15) is 8.42 Å². The molecule has 166 valence electrons. The number of sulfonamides is 1. The highest BCUT2D eigenvalue weighted by molar-refractivity contribution is 7.92. The number of hydrogen-bond acceptors (Lipinski definition) is 6. The van der Waals surface area contributed by atoms with Crippen LogP contribution in [0.5, 0.6) is 11.6 Å². The predicted molar refractivity (Wildman–Crippen MR) is 126 cm³/mol. The number of nitrogens with zero attached hydrogens (tertiary/aromatic N) is 4. The molecule has 0 saturated carbocycles. The Hall–Kier alpha value is -3.98. The molecule has 0 saturated heterocycles. The van der Waals surface area contributed by atoms with Crippen molar-refractivity contribution in [1.82, 2.24) is 19.6 Å². The van der Waals surface area contributed by atoms with E-state index in [1.807, 2.05) is 55.5 Å². The van der Waals surface area contributed by atoms with Gasteiger partial charge in [0.05, 0.1) is 15.9 Å². The Bertz CT molecular complexity index is 1610. The molecule has 2 heterocycles. The first-order chi connectivity index (χ1) is 15.8. The Morgan fingerprint density at radius 1 is 0.970 bits per heavy atom. The van der Waals surface area contributed by atoms with Gasteiger partial charge in [-0.2, -0.15) is 0 Å². The van der Waals surface area contributed by atoms with E-state index in [1.165, 1.54) is 0 Å². The highest BCUT2D eigenvalue weighted by atomic mass is 32.2. The standard InChI is InChI=1S/C24H21N5O3S/c1-15-12-16(2)17(3)22(13-15)33(30,31)28-18-8-10-19(11-9-18)32-24-23-27-25-14-29(23)21-7-5-4-6-20(21)26-24/h4-14,28H,1-3H3. The lowest BCUT2D eigenvalue weighted by atomic mass is 10.1. The summed E-state index contributed by atoms with van der Waals surface area (Å²) in [6, 6.07) is 17.9. The number of anilines is 1. The summed E-state index contributed by atoms with van der Waals surface area (Å²) in [4.78, 5) is 4.83. The second kappa shape index (κ2) is 7.86. The van der Waals surface area contributed by atoms with Crippen LogP contribution in [0.15, 0.2) is 71.9 Å². The van der Waals surface area contributed by atoms with Gasteiger partial charge in [-0.15, -0.1) is 10.2 Å². The molecule has 0 aliphatic rings. The van der Waals surface area contributed by atoms with Crippen molar-refractivity contribution in [2.24, 2.45) is 0 Å². The minimum absolute atomic E-state index is 0.273. The molecule has 0 spiro atoms. The minimum Gasteiger partial charge on any atom is -0.436 e. The summed E-state index contributed by atoms with van der Waals surface area (Å²) in [5.74, 6) is 0.804. The Labute approximate surface area is 190 Å². The molecule has 0 bridgehead atoms. The third-order valence-electron chi connectivity index (χ3n) is 5.48. The van der Waals surface area contributed by atoms with Crippen LogP contribution < -0.4 is 9.46 Å². The maximum atomic E-state index is 13.0. The van der Waals surface area contributed by atoms with Crippen molar-refractivity contribution in [3.8, 4) is 11.6 Å². The molecule has 9 heteroatoms. The highest BCUT2D eigenvalue weighted by Crippen LogP contribution is 2.28. The number of para-hydroxylation sites is 2. The molecule has 0 aliphatic carbocycles. The summed E-state index contributed by atoms with van der Waals surface area (Å²) >= 11 is 0. The summed E-state index contributed by atoms with van der Waals surface area (Å²) in [6.45, 7) is 5.59. The highest BCUT2D eigenvalue weighted by Gasteiger charge is 2.19. The smallest absolute Gasteiger partial charge is 0.266 e. The van der Waals surface area contributed by atoms with Crippen LogP contribution in [-0.4, -0.2) is 28.0 Å². The molecule has 0 unspecified atom stereocenters. The summed E-state index contributed by atoms with van der Waals surface area (Å²) in [6.07, 6.45) is 1.61. The Morgan fingerprint density at radius 3 is 2.52 bits per heavy atom. The molecule has 0 atom stereocenters. The molecule has 5 rings (SSSR count). The topological polar surface area (TPSA) is 98.5 Å². The van der Waals surface area contributed by atoms with Crippen LogP contribution in [0.1, 0.15) is 16.7 Å². The van der Waals surface area contributed by atoms with Gasteiger partial charge in [0.15, 0.2) is 0 Å². The van der Waals surface area contributed by atoms with Gasteiger partial charge in [0.1, 0.15) is 12.1 Å². The van der Waals surface area contributed by atoms with Gasteiger partial charge in [-0.3, -0.25) is 9.12 Å². The molecule has 0 amide bonds. The SMILES string of the molecule is Cc1cc(C)c(C)c(S(=O)(=O)Nc2ccc(Oc3nc4ccccc4n4cnnc34)cc2)c1. The lowest BCUT2D eigenvalue weighted by molar-refractivity contribution is 0.467. The molecule has 0 radical (unpaired) electrons. The van der Waals surface area contributed by atoms with Crippen molar-refractivity contribution >= 4 is 32.4 Å². The number of aromatic nitrogens is 4. The molecule has 33 heavy (non-hydrogen) atoms. The molecule has 8 nitrogen and oxygen atoms in total. The number of nitrogens with one attached hydrogen (secondary N) is 1. The largest absolute Gasteiger partial charge is 0.436 e. The van der Waals surface area contributed by atoms with Crippen molar-refractivity contribution in [2.75, 3.05) is 4.72 Å². The van der Waals surface area contributed by atoms with E-state index in [0.717, 1.165) is 27.7 Å². The number of hydrogen-bond donors (Lipinski definition) is 1. The molecular weight excluding hydrogens is 438 g/mol. The molecule has 5 aromatic rings. The summed E-state index contributed by atoms with van der Waals surface area (Å²) < 4.78 is 36.4. The van der Waals surface area contributed by atoms with Gasteiger partial charge in [-0.05, 0) is 79.9 Å². The fourth-order valence-corrected chi connectivity index (χ4v) is 5.20. The van der Waals surface area contributed by atoms with E-state index in [0.29, 0.717) is 23.0 Å². The lowest BCUT2D eigenvalue weighted by Gasteiger charge is -2.13. The zero-order valence-corrected chi connectivity index (χ0v) is 19.1. The van der Waals surface area contributed by atoms with Gasteiger partial charge in [0.25, 0.3) is 15.9 Å². The zero-order chi connectivity index (χ0) is 23.2. The average molecular weight is 460 g/mol. The van der Waals surface area contributed by atoms with E-state index < -0.39 is 10.0 Å². The number of aryl methyl sites for hydroxylation is 2. The third kappa shape index (κ3) is 3.87. The predicted octanol–water partition coefficient (Wildman–Crippen LogP) is 4.80. The van der Waals surface area contributed by atoms with Gasteiger partial charge < -0.3 is 4.74 Å². The maximum Gasteiger partial charge on any atom is 0.266 e. The fourth-order valence-electron chi connectivity index (χ4n) is 3.74. The van der Waals surface area contributed by atoms with Gasteiger partial charge in [-0.25, -0.2) is 13.4 Å². The molecule has 0 fully saturated rings. The molecule has 2 aromatic heterocycles. The number of ether oxygens (including phenoxy) is 1. The van der Waals surface area contributed by atoms with Gasteiger partial charge >= 0.3 is 0 Å². The maximum absolute atomic E-state index is 13.0. The number of benzene rings is 3. The third-order valence-corrected chi connectivity index (χ3v) is 6.98.